The van der Waals surface area contributed by atoms with Crippen LogP contribution in [0.25, 0.3) is 6.08 Å². The van der Waals surface area contributed by atoms with Crippen molar-refractivity contribution in [2.45, 2.75) is 6.92 Å². The third-order valence-corrected chi connectivity index (χ3v) is 3.68. The van der Waals surface area contributed by atoms with Gasteiger partial charge in [0.1, 0.15) is 23.0 Å². The summed E-state index contributed by atoms with van der Waals surface area (Å²) in [6.07, 6.45) is 1.62. The Bertz CT molecular complexity index is 820. The van der Waals surface area contributed by atoms with Crippen LogP contribution in [0.3, 0.4) is 0 Å². The summed E-state index contributed by atoms with van der Waals surface area (Å²) in [6, 6.07) is 8.27. The zero-order valence-electron chi connectivity index (χ0n) is 13.0. The molecule has 0 bridgehead atoms. The number of ether oxygens (including phenoxy) is 3. The van der Waals surface area contributed by atoms with Gasteiger partial charge in [0.15, 0.2) is 5.76 Å². The first-order chi connectivity index (χ1) is 11.0. The molecule has 0 aliphatic carbocycles. The molecule has 0 saturated carbocycles. The van der Waals surface area contributed by atoms with E-state index in [1.54, 1.807) is 45.4 Å². The number of phenols is 1. The first-order valence-electron chi connectivity index (χ1n) is 7.03. The molecular weight excluding hydrogens is 296 g/mol. The van der Waals surface area contributed by atoms with Crippen LogP contribution >= 0.6 is 0 Å². The zero-order valence-corrected chi connectivity index (χ0v) is 13.0. The van der Waals surface area contributed by atoms with E-state index in [1.807, 2.05) is 0 Å². The molecule has 0 fully saturated rings. The van der Waals surface area contributed by atoms with E-state index < -0.39 is 0 Å². The fourth-order valence-corrected chi connectivity index (χ4v) is 2.57. The fraction of sp³-hybridized carbons (Fsp3) is 0.167. The summed E-state index contributed by atoms with van der Waals surface area (Å²) in [5, 5.41) is 9.63. The number of aryl methyl sites for hydroxylation is 1. The van der Waals surface area contributed by atoms with E-state index in [4.69, 9.17) is 14.2 Å². The van der Waals surface area contributed by atoms with Gasteiger partial charge in [0.25, 0.3) is 0 Å². The molecule has 0 atom stereocenters. The van der Waals surface area contributed by atoms with E-state index >= 15 is 0 Å². The number of carbonyl (C=O) groups excluding carboxylic acids is 1. The molecule has 1 aliphatic heterocycles. The molecule has 0 saturated heterocycles. The monoisotopic (exact) mass is 312 g/mol. The number of phenolic OH excluding ortho intramolecular Hbond substituents is 1. The van der Waals surface area contributed by atoms with E-state index in [0.29, 0.717) is 33.9 Å². The average Bonchev–Trinajstić information content (AvgIpc) is 2.83. The summed E-state index contributed by atoms with van der Waals surface area (Å²) in [5.41, 5.74) is 1.85. The number of methoxy groups -OCH3 is 2. The van der Waals surface area contributed by atoms with Gasteiger partial charge in [0.05, 0.1) is 19.8 Å². The Hall–Kier alpha value is -2.95. The van der Waals surface area contributed by atoms with Crippen LogP contribution in [-0.2, 0) is 0 Å². The summed E-state index contributed by atoms with van der Waals surface area (Å²) in [4.78, 5) is 12.5. The molecule has 0 unspecified atom stereocenters. The van der Waals surface area contributed by atoms with Crippen molar-refractivity contribution >= 4 is 11.9 Å². The van der Waals surface area contributed by atoms with Gasteiger partial charge in [-0.3, -0.25) is 4.79 Å². The van der Waals surface area contributed by atoms with E-state index in [1.165, 1.54) is 12.1 Å². The van der Waals surface area contributed by atoms with Gasteiger partial charge in [-0.1, -0.05) is 0 Å². The van der Waals surface area contributed by atoms with E-state index in [-0.39, 0.29) is 17.3 Å². The van der Waals surface area contributed by atoms with Crippen LogP contribution in [-0.4, -0.2) is 25.1 Å². The third kappa shape index (κ3) is 2.61. The molecule has 1 aliphatic rings. The van der Waals surface area contributed by atoms with Crippen molar-refractivity contribution in [1.82, 2.24) is 0 Å². The lowest BCUT2D eigenvalue weighted by atomic mass is 10.0. The van der Waals surface area contributed by atoms with Gasteiger partial charge < -0.3 is 19.3 Å². The number of hydrogen-bond donors (Lipinski definition) is 1. The van der Waals surface area contributed by atoms with Gasteiger partial charge in [-0.05, 0) is 36.8 Å². The molecule has 118 valence electrons. The van der Waals surface area contributed by atoms with Crippen molar-refractivity contribution < 1.29 is 24.1 Å². The Kier molecular flexibility index (Phi) is 3.70. The van der Waals surface area contributed by atoms with Crippen molar-refractivity contribution in [2.24, 2.45) is 0 Å². The average molecular weight is 312 g/mol. The summed E-state index contributed by atoms with van der Waals surface area (Å²) in [5.74, 6) is 1.64. The van der Waals surface area contributed by atoms with Crippen LogP contribution in [0.1, 0.15) is 21.5 Å². The van der Waals surface area contributed by atoms with Crippen LogP contribution in [0.15, 0.2) is 36.1 Å². The third-order valence-electron chi connectivity index (χ3n) is 3.68. The predicted octanol–water partition coefficient (Wildman–Crippen LogP) is 3.33. The SMILES string of the molecule is COc1ccc(/C=C2\Oc3cc(O)cc(C)c3C2=O)c(OC)c1. The van der Waals surface area contributed by atoms with Gasteiger partial charge in [-0.15, -0.1) is 0 Å². The molecule has 5 heteroatoms. The molecule has 2 aromatic carbocycles. The molecule has 5 nitrogen and oxygen atoms in total. The molecule has 3 rings (SSSR count). The second kappa shape index (κ2) is 5.68. The number of rotatable bonds is 3. The number of allylic oxidation sites excluding steroid dienone is 1. The van der Waals surface area contributed by atoms with E-state index in [2.05, 4.69) is 0 Å². The molecule has 2 aromatic rings. The second-order valence-corrected chi connectivity index (χ2v) is 5.18. The largest absolute Gasteiger partial charge is 0.508 e. The number of ketones is 1. The summed E-state index contributed by atoms with van der Waals surface area (Å²) in [6.45, 7) is 1.76. The summed E-state index contributed by atoms with van der Waals surface area (Å²) < 4.78 is 16.1. The number of hydrogen-bond acceptors (Lipinski definition) is 5. The van der Waals surface area contributed by atoms with Crippen LogP contribution in [0.5, 0.6) is 23.0 Å². The van der Waals surface area contributed by atoms with Crippen LogP contribution in [0.4, 0.5) is 0 Å². The standard InChI is InChI=1S/C18H16O5/c1-10-6-12(19)8-15-17(10)18(20)16(23-15)7-11-4-5-13(21-2)9-14(11)22-3/h4-9,19H,1-3H3/b16-7-. The number of fused-ring (bicyclic) bond motifs is 1. The highest BCUT2D eigenvalue weighted by molar-refractivity contribution is 6.15. The van der Waals surface area contributed by atoms with Gasteiger partial charge in [0, 0.05) is 17.7 Å². The van der Waals surface area contributed by atoms with Crippen molar-refractivity contribution in [3.8, 4) is 23.0 Å². The molecular formula is C18H16O5. The van der Waals surface area contributed by atoms with E-state index in [9.17, 15) is 9.90 Å². The maximum atomic E-state index is 12.5. The maximum absolute atomic E-state index is 12.5. The molecule has 0 radical (unpaired) electrons. The fourth-order valence-electron chi connectivity index (χ4n) is 2.57. The van der Waals surface area contributed by atoms with Gasteiger partial charge >= 0.3 is 0 Å². The Balaban J connectivity index is 2.03. The lowest BCUT2D eigenvalue weighted by Crippen LogP contribution is -2.00. The molecule has 0 aromatic heterocycles. The van der Waals surface area contributed by atoms with Crippen LogP contribution < -0.4 is 14.2 Å². The van der Waals surface area contributed by atoms with Gasteiger partial charge in [-0.2, -0.15) is 0 Å². The Morgan fingerprint density at radius 2 is 1.91 bits per heavy atom. The molecule has 23 heavy (non-hydrogen) atoms. The highest BCUT2D eigenvalue weighted by Crippen LogP contribution is 2.38. The molecule has 1 N–H and O–H groups in total. The lowest BCUT2D eigenvalue weighted by Gasteiger charge is -2.08. The minimum absolute atomic E-state index is 0.0670. The molecule has 0 spiro atoms. The second-order valence-electron chi connectivity index (χ2n) is 5.18. The highest BCUT2D eigenvalue weighted by atomic mass is 16.5. The maximum Gasteiger partial charge on any atom is 0.232 e. The quantitative estimate of drug-likeness (QED) is 0.881. The molecule has 0 amide bonds. The highest BCUT2D eigenvalue weighted by Gasteiger charge is 2.30. The van der Waals surface area contributed by atoms with Crippen molar-refractivity contribution in [3.63, 3.8) is 0 Å². The first-order valence-corrected chi connectivity index (χ1v) is 7.03. The smallest absolute Gasteiger partial charge is 0.232 e. The van der Waals surface area contributed by atoms with Gasteiger partial charge in [0.2, 0.25) is 5.78 Å². The minimum Gasteiger partial charge on any atom is -0.508 e. The Morgan fingerprint density at radius 3 is 2.61 bits per heavy atom. The Morgan fingerprint density at radius 1 is 1.13 bits per heavy atom. The topological polar surface area (TPSA) is 65.0 Å². The lowest BCUT2D eigenvalue weighted by molar-refractivity contribution is 0.101. The first kappa shape index (κ1) is 15.0. The summed E-state index contributed by atoms with van der Waals surface area (Å²) >= 11 is 0. The number of Topliss-reactive ketones (excluding diaryl/α,β-unsaturated/α-hetero) is 1. The van der Waals surface area contributed by atoms with Gasteiger partial charge in [-0.25, -0.2) is 0 Å². The normalized spacial score (nSPS) is 14.6. The predicted molar refractivity (Wildman–Crippen MR) is 85.3 cm³/mol. The number of benzene rings is 2. The van der Waals surface area contributed by atoms with Crippen molar-refractivity contribution in [3.05, 3.63) is 52.8 Å². The number of carbonyl (C=O) groups is 1. The number of aromatic hydroxyl groups is 1. The minimum atomic E-state index is -0.213. The zero-order chi connectivity index (χ0) is 16.6. The van der Waals surface area contributed by atoms with Crippen LogP contribution in [0.2, 0.25) is 0 Å². The van der Waals surface area contributed by atoms with E-state index in [0.717, 1.165) is 0 Å². The Labute approximate surface area is 133 Å². The van der Waals surface area contributed by atoms with Crippen molar-refractivity contribution in [2.75, 3.05) is 14.2 Å². The van der Waals surface area contributed by atoms with Crippen LogP contribution in [0, 0.1) is 6.92 Å². The summed E-state index contributed by atoms with van der Waals surface area (Å²) in [7, 11) is 3.12. The molecule has 1 heterocycles. The van der Waals surface area contributed by atoms with Crippen molar-refractivity contribution in [1.29, 1.82) is 0 Å².